The average molecular weight is 232 g/mol. The molecule has 3 atom stereocenters. The SMILES string of the molecule is CN1CC[C@@H]2CC[C@H](Br)C[C@@H]2C1. The molecule has 0 spiro atoms. The van der Waals surface area contributed by atoms with Crippen LogP contribution in [0.2, 0.25) is 0 Å². The van der Waals surface area contributed by atoms with E-state index in [9.17, 15) is 0 Å². The molecule has 0 bridgehead atoms. The van der Waals surface area contributed by atoms with E-state index in [4.69, 9.17) is 0 Å². The predicted octanol–water partition coefficient (Wildman–Crippen LogP) is 2.50. The lowest BCUT2D eigenvalue weighted by molar-refractivity contribution is 0.108. The third-order valence-corrected chi connectivity index (χ3v) is 4.34. The number of likely N-dealkylation sites (tertiary alicyclic amines) is 1. The van der Waals surface area contributed by atoms with Crippen molar-refractivity contribution >= 4 is 15.9 Å². The van der Waals surface area contributed by atoms with Crippen molar-refractivity contribution in [1.82, 2.24) is 4.90 Å². The first-order valence-corrected chi connectivity index (χ1v) is 6.00. The molecule has 1 nitrogen and oxygen atoms in total. The first-order chi connectivity index (χ1) is 5.75. The summed E-state index contributed by atoms with van der Waals surface area (Å²) in [6.07, 6.45) is 5.73. The second kappa shape index (κ2) is 3.67. The molecule has 1 saturated heterocycles. The van der Waals surface area contributed by atoms with Crippen molar-refractivity contribution in [3.63, 3.8) is 0 Å². The van der Waals surface area contributed by atoms with Gasteiger partial charge in [-0.05, 0) is 51.1 Å². The van der Waals surface area contributed by atoms with E-state index in [0.717, 1.165) is 16.7 Å². The molecule has 1 saturated carbocycles. The van der Waals surface area contributed by atoms with Crippen LogP contribution in [0.15, 0.2) is 0 Å². The van der Waals surface area contributed by atoms with E-state index in [2.05, 4.69) is 27.9 Å². The molecule has 1 aliphatic heterocycles. The van der Waals surface area contributed by atoms with Gasteiger partial charge in [-0.3, -0.25) is 0 Å². The van der Waals surface area contributed by atoms with Gasteiger partial charge in [0.15, 0.2) is 0 Å². The third kappa shape index (κ3) is 1.85. The van der Waals surface area contributed by atoms with Gasteiger partial charge in [0.1, 0.15) is 0 Å². The lowest BCUT2D eigenvalue weighted by Gasteiger charge is -2.41. The van der Waals surface area contributed by atoms with Crippen LogP contribution in [-0.4, -0.2) is 29.9 Å². The minimum atomic E-state index is 0.810. The first-order valence-electron chi connectivity index (χ1n) is 5.08. The van der Waals surface area contributed by atoms with E-state index in [1.165, 1.54) is 38.8 Å². The molecule has 0 radical (unpaired) electrons. The number of rotatable bonds is 0. The van der Waals surface area contributed by atoms with Gasteiger partial charge in [-0.1, -0.05) is 15.9 Å². The number of fused-ring (bicyclic) bond motifs is 1. The minimum Gasteiger partial charge on any atom is -0.306 e. The van der Waals surface area contributed by atoms with Crippen LogP contribution in [0.4, 0.5) is 0 Å². The minimum absolute atomic E-state index is 0.810. The molecule has 0 amide bonds. The Balaban J connectivity index is 1.94. The first kappa shape index (κ1) is 9.01. The van der Waals surface area contributed by atoms with Crippen molar-refractivity contribution in [2.75, 3.05) is 20.1 Å². The topological polar surface area (TPSA) is 3.24 Å². The largest absolute Gasteiger partial charge is 0.306 e. The smallest absolute Gasteiger partial charge is 0.0149 e. The van der Waals surface area contributed by atoms with Crippen molar-refractivity contribution < 1.29 is 0 Å². The summed E-state index contributed by atoms with van der Waals surface area (Å²) >= 11 is 3.75. The van der Waals surface area contributed by atoms with E-state index in [1.807, 2.05) is 0 Å². The van der Waals surface area contributed by atoms with E-state index in [0.29, 0.717) is 0 Å². The highest BCUT2D eigenvalue weighted by atomic mass is 79.9. The van der Waals surface area contributed by atoms with Crippen LogP contribution >= 0.6 is 15.9 Å². The summed E-state index contributed by atoms with van der Waals surface area (Å²) in [5, 5.41) is 0. The summed E-state index contributed by atoms with van der Waals surface area (Å²) in [6, 6.07) is 0. The van der Waals surface area contributed by atoms with Gasteiger partial charge >= 0.3 is 0 Å². The fourth-order valence-corrected chi connectivity index (χ4v) is 3.50. The van der Waals surface area contributed by atoms with Gasteiger partial charge in [-0.15, -0.1) is 0 Å². The molecule has 12 heavy (non-hydrogen) atoms. The lowest BCUT2D eigenvalue weighted by atomic mass is 9.75. The van der Waals surface area contributed by atoms with Crippen molar-refractivity contribution in [3.8, 4) is 0 Å². The summed E-state index contributed by atoms with van der Waals surface area (Å²) < 4.78 is 0. The summed E-state index contributed by atoms with van der Waals surface area (Å²) in [5.41, 5.74) is 0. The van der Waals surface area contributed by atoms with E-state index < -0.39 is 0 Å². The maximum Gasteiger partial charge on any atom is 0.0149 e. The second-order valence-electron chi connectivity index (χ2n) is 4.48. The van der Waals surface area contributed by atoms with Crippen LogP contribution in [0.25, 0.3) is 0 Å². The van der Waals surface area contributed by atoms with Crippen LogP contribution in [0, 0.1) is 11.8 Å². The molecular formula is C10H18BrN. The molecule has 70 valence electrons. The summed E-state index contributed by atoms with van der Waals surface area (Å²) in [6.45, 7) is 2.67. The number of hydrogen-bond acceptors (Lipinski definition) is 1. The summed E-state index contributed by atoms with van der Waals surface area (Å²) in [5.74, 6) is 2.04. The average Bonchev–Trinajstić information content (AvgIpc) is 2.03. The quantitative estimate of drug-likeness (QED) is 0.580. The van der Waals surface area contributed by atoms with Crippen molar-refractivity contribution in [3.05, 3.63) is 0 Å². The molecule has 2 rings (SSSR count). The summed E-state index contributed by atoms with van der Waals surface area (Å²) in [7, 11) is 2.26. The molecule has 1 heterocycles. The Kier molecular flexibility index (Phi) is 2.75. The van der Waals surface area contributed by atoms with Gasteiger partial charge in [0, 0.05) is 11.4 Å². The summed E-state index contributed by atoms with van der Waals surface area (Å²) in [4.78, 5) is 3.30. The van der Waals surface area contributed by atoms with Gasteiger partial charge in [0.2, 0.25) is 0 Å². The maximum atomic E-state index is 3.75. The second-order valence-corrected chi connectivity index (χ2v) is 5.78. The number of hydrogen-bond donors (Lipinski definition) is 0. The zero-order chi connectivity index (χ0) is 8.55. The number of piperidine rings is 1. The molecule has 0 aromatic rings. The highest BCUT2D eigenvalue weighted by Crippen LogP contribution is 2.38. The number of halogens is 1. The monoisotopic (exact) mass is 231 g/mol. The molecule has 2 heteroatoms. The molecule has 0 N–H and O–H groups in total. The van der Waals surface area contributed by atoms with Gasteiger partial charge in [0.05, 0.1) is 0 Å². The molecule has 0 aromatic carbocycles. The van der Waals surface area contributed by atoms with Gasteiger partial charge in [-0.25, -0.2) is 0 Å². The van der Waals surface area contributed by atoms with Crippen LogP contribution in [0.1, 0.15) is 25.7 Å². The van der Waals surface area contributed by atoms with Crippen LogP contribution in [-0.2, 0) is 0 Å². The Hall–Kier alpha value is 0.440. The molecule has 1 aliphatic carbocycles. The van der Waals surface area contributed by atoms with E-state index >= 15 is 0 Å². The highest BCUT2D eigenvalue weighted by Gasteiger charge is 2.32. The molecule has 0 aromatic heterocycles. The fraction of sp³-hybridized carbons (Fsp3) is 1.00. The molecule has 2 fully saturated rings. The van der Waals surface area contributed by atoms with Crippen LogP contribution < -0.4 is 0 Å². The Morgan fingerprint density at radius 2 is 2.00 bits per heavy atom. The van der Waals surface area contributed by atoms with Crippen molar-refractivity contribution in [1.29, 1.82) is 0 Å². The van der Waals surface area contributed by atoms with Crippen molar-refractivity contribution in [2.24, 2.45) is 11.8 Å². The predicted molar refractivity (Wildman–Crippen MR) is 55.7 cm³/mol. The van der Waals surface area contributed by atoms with Gasteiger partial charge < -0.3 is 4.90 Å². The third-order valence-electron chi connectivity index (χ3n) is 3.50. The Bertz CT molecular complexity index is 144. The Morgan fingerprint density at radius 3 is 2.83 bits per heavy atom. The number of alkyl halides is 1. The van der Waals surface area contributed by atoms with Crippen LogP contribution in [0.3, 0.4) is 0 Å². The van der Waals surface area contributed by atoms with Crippen molar-refractivity contribution in [2.45, 2.75) is 30.5 Å². The van der Waals surface area contributed by atoms with Gasteiger partial charge in [-0.2, -0.15) is 0 Å². The molecule has 2 aliphatic rings. The van der Waals surface area contributed by atoms with Gasteiger partial charge in [0.25, 0.3) is 0 Å². The Labute approximate surface area is 83.6 Å². The Morgan fingerprint density at radius 1 is 1.17 bits per heavy atom. The molecule has 0 unspecified atom stereocenters. The van der Waals surface area contributed by atoms with E-state index in [1.54, 1.807) is 0 Å². The molecular weight excluding hydrogens is 214 g/mol. The van der Waals surface area contributed by atoms with E-state index in [-0.39, 0.29) is 0 Å². The zero-order valence-electron chi connectivity index (χ0n) is 7.80. The number of nitrogens with zero attached hydrogens (tertiary/aromatic N) is 1. The standard InChI is InChI=1S/C10H18BrN/c1-12-5-4-8-2-3-10(11)6-9(8)7-12/h8-10H,2-7H2,1H3/t8-,9+,10-/m0/s1. The zero-order valence-corrected chi connectivity index (χ0v) is 9.39. The van der Waals surface area contributed by atoms with Crippen LogP contribution in [0.5, 0.6) is 0 Å². The lowest BCUT2D eigenvalue weighted by Crippen LogP contribution is -2.41. The fourth-order valence-electron chi connectivity index (χ4n) is 2.75. The maximum absolute atomic E-state index is 3.75. The highest BCUT2D eigenvalue weighted by molar-refractivity contribution is 9.09. The normalized spacial score (nSPS) is 44.0.